The number of benzene rings is 1. The molecule has 22 heavy (non-hydrogen) atoms. The molecule has 0 aromatic heterocycles. The summed E-state index contributed by atoms with van der Waals surface area (Å²) in [6.07, 6.45) is 2.21. The highest BCUT2D eigenvalue weighted by Gasteiger charge is 2.34. The van der Waals surface area contributed by atoms with Gasteiger partial charge in [0.25, 0.3) is 0 Å². The molecule has 1 fully saturated rings. The molecular formula is C17H20ClFN2O. The van der Waals surface area contributed by atoms with E-state index in [2.05, 4.69) is 29.4 Å². The molecule has 118 valence electrons. The lowest BCUT2D eigenvalue weighted by Gasteiger charge is -2.27. The maximum absolute atomic E-state index is 13.0. The second-order valence-corrected chi connectivity index (χ2v) is 6.34. The quantitative estimate of drug-likeness (QED) is 0.910. The number of rotatable bonds is 3. The second kappa shape index (κ2) is 6.80. The maximum Gasteiger partial charge on any atom is 0.188 e. The molecule has 2 heterocycles. The Hall–Kier alpha value is -1.39. The van der Waals surface area contributed by atoms with Crippen LogP contribution in [-0.4, -0.2) is 25.1 Å². The fourth-order valence-electron chi connectivity index (χ4n) is 3.16. The average molecular weight is 323 g/mol. The molecule has 1 N–H and O–H groups in total. The lowest BCUT2D eigenvalue weighted by atomic mass is 9.86. The molecule has 3 atom stereocenters. The van der Waals surface area contributed by atoms with Crippen molar-refractivity contribution in [2.75, 3.05) is 13.1 Å². The van der Waals surface area contributed by atoms with E-state index in [-0.39, 0.29) is 11.9 Å². The third-order valence-corrected chi connectivity index (χ3v) is 4.66. The first-order valence-corrected chi connectivity index (χ1v) is 8.05. The highest BCUT2D eigenvalue weighted by atomic mass is 35.5. The Balaban J connectivity index is 1.68. The predicted octanol–water partition coefficient (Wildman–Crippen LogP) is 4.05. The molecule has 1 aromatic carbocycles. The van der Waals surface area contributed by atoms with Gasteiger partial charge < -0.3 is 10.1 Å². The largest absolute Gasteiger partial charge is 0.477 e. The van der Waals surface area contributed by atoms with E-state index in [4.69, 9.17) is 16.3 Å². The van der Waals surface area contributed by atoms with Crippen molar-refractivity contribution in [2.45, 2.75) is 31.8 Å². The molecule has 0 saturated carbocycles. The van der Waals surface area contributed by atoms with E-state index in [0.29, 0.717) is 30.6 Å². The molecule has 2 aliphatic heterocycles. The van der Waals surface area contributed by atoms with Crippen LogP contribution >= 0.6 is 11.6 Å². The number of nitrogens with one attached hydrogen (secondary N) is 1. The highest BCUT2D eigenvalue weighted by molar-refractivity contribution is 6.30. The van der Waals surface area contributed by atoms with Gasteiger partial charge in [-0.3, -0.25) is 0 Å². The minimum atomic E-state index is -0.179. The van der Waals surface area contributed by atoms with Crippen molar-refractivity contribution in [3.63, 3.8) is 0 Å². The monoisotopic (exact) mass is 322 g/mol. The van der Waals surface area contributed by atoms with Gasteiger partial charge in [-0.25, -0.2) is 9.38 Å². The van der Waals surface area contributed by atoms with Gasteiger partial charge in [0.15, 0.2) is 5.90 Å². The van der Waals surface area contributed by atoms with E-state index in [9.17, 15) is 4.39 Å². The van der Waals surface area contributed by atoms with Crippen molar-refractivity contribution in [2.24, 2.45) is 10.9 Å². The van der Waals surface area contributed by atoms with Crippen molar-refractivity contribution in [1.82, 2.24) is 5.32 Å². The Morgan fingerprint density at radius 3 is 2.73 bits per heavy atom. The summed E-state index contributed by atoms with van der Waals surface area (Å²) in [7, 11) is 0. The van der Waals surface area contributed by atoms with E-state index in [1.807, 2.05) is 12.1 Å². The summed E-state index contributed by atoms with van der Waals surface area (Å²) in [5.74, 6) is 1.21. The van der Waals surface area contributed by atoms with Gasteiger partial charge in [0.2, 0.25) is 0 Å². The predicted molar refractivity (Wildman–Crippen MR) is 87.0 cm³/mol. The van der Waals surface area contributed by atoms with Crippen molar-refractivity contribution in [1.29, 1.82) is 0 Å². The van der Waals surface area contributed by atoms with Gasteiger partial charge >= 0.3 is 0 Å². The molecule has 0 spiro atoms. The topological polar surface area (TPSA) is 33.6 Å². The van der Waals surface area contributed by atoms with E-state index in [1.54, 1.807) is 0 Å². The number of nitrogens with zero attached hydrogens (tertiary/aromatic N) is 1. The van der Waals surface area contributed by atoms with E-state index >= 15 is 0 Å². The molecule has 1 aromatic rings. The molecule has 0 bridgehead atoms. The molecular weight excluding hydrogens is 303 g/mol. The summed E-state index contributed by atoms with van der Waals surface area (Å²) in [4.78, 5) is 4.05. The zero-order chi connectivity index (χ0) is 15.5. The van der Waals surface area contributed by atoms with Gasteiger partial charge in [-0.05, 0) is 24.6 Å². The fraction of sp³-hybridized carbons (Fsp3) is 0.471. The van der Waals surface area contributed by atoms with Gasteiger partial charge in [-0.2, -0.15) is 0 Å². The van der Waals surface area contributed by atoms with Gasteiger partial charge in [0.1, 0.15) is 11.9 Å². The Kier molecular flexibility index (Phi) is 4.79. The summed E-state index contributed by atoms with van der Waals surface area (Å²) in [6.45, 7) is 3.91. The molecule has 0 aliphatic carbocycles. The molecule has 3 rings (SSSR count). The summed E-state index contributed by atoms with van der Waals surface area (Å²) < 4.78 is 19.0. The van der Waals surface area contributed by atoms with Crippen LogP contribution in [0.4, 0.5) is 4.39 Å². The van der Waals surface area contributed by atoms with Crippen LogP contribution in [0.15, 0.2) is 41.3 Å². The van der Waals surface area contributed by atoms with Crippen LogP contribution in [0.5, 0.6) is 0 Å². The molecule has 5 heteroatoms. The standard InChI is InChI=1S/C17H20ClFN2O/c1-11(22-17-7-6-14(19)8-21-17)15-9-20-10-16(15)12-2-4-13(18)5-3-12/h2-5,8,11,15-16,20H,6-7,9-10H2,1H3/t11-,15+,16+/m0/s1. The zero-order valence-corrected chi connectivity index (χ0v) is 13.3. The molecule has 0 amide bonds. The molecule has 1 saturated heterocycles. The first kappa shape index (κ1) is 15.5. The Labute approximate surface area is 135 Å². The average Bonchev–Trinajstić information content (AvgIpc) is 3.00. The number of halogens is 2. The zero-order valence-electron chi connectivity index (χ0n) is 12.6. The Morgan fingerprint density at radius 1 is 1.27 bits per heavy atom. The van der Waals surface area contributed by atoms with Crippen LogP contribution < -0.4 is 5.32 Å². The maximum atomic E-state index is 13.0. The lowest BCUT2D eigenvalue weighted by molar-refractivity contribution is 0.134. The smallest absolute Gasteiger partial charge is 0.188 e. The van der Waals surface area contributed by atoms with Crippen molar-refractivity contribution in [3.05, 3.63) is 46.9 Å². The van der Waals surface area contributed by atoms with Crippen LogP contribution in [0.1, 0.15) is 31.2 Å². The molecule has 0 radical (unpaired) electrons. The number of ether oxygens (including phenoxy) is 1. The van der Waals surface area contributed by atoms with E-state index < -0.39 is 0 Å². The van der Waals surface area contributed by atoms with Crippen LogP contribution in [0, 0.1) is 5.92 Å². The second-order valence-electron chi connectivity index (χ2n) is 5.90. The molecule has 3 nitrogen and oxygen atoms in total. The van der Waals surface area contributed by atoms with Crippen LogP contribution in [0.25, 0.3) is 0 Å². The molecule has 2 aliphatic rings. The minimum absolute atomic E-state index is 0.0315. The summed E-state index contributed by atoms with van der Waals surface area (Å²) in [5, 5.41) is 4.19. The highest BCUT2D eigenvalue weighted by Crippen LogP contribution is 2.32. The third kappa shape index (κ3) is 3.50. The summed E-state index contributed by atoms with van der Waals surface area (Å²) in [6, 6.07) is 8.01. The number of aliphatic imine (C=N–C) groups is 1. The first-order valence-electron chi connectivity index (χ1n) is 7.67. The summed E-state index contributed by atoms with van der Waals surface area (Å²) in [5.41, 5.74) is 1.27. The van der Waals surface area contributed by atoms with Crippen molar-refractivity contribution < 1.29 is 9.13 Å². The van der Waals surface area contributed by atoms with Crippen molar-refractivity contribution in [3.8, 4) is 0 Å². The fourth-order valence-corrected chi connectivity index (χ4v) is 3.28. The summed E-state index contributed by atoms with van der Waals surface area (Å²) >= 11 is 5.97. The Bertz CT molecular complexity index is 585. The number of hydrogen-bond donors (Lipinski definition) is 1. The van der Waals surface area contributed by atoms with E-state index in [1.165, 1.54) is 11.8 Å². The first-order chi connectivity index (χ1) is 10.6. The number of allylic oxidation sites excluding steroid dienone is 1. The lowest BCUT2D eigenvalue weighted by Crippen LogP contribution is -2.29. The third-order valence-electron chi connectivity index (χ3n) is 4.41. The van der Waals surface area contributed by atoms with Gasteiger partial charge in [-0.1, -0.05) is 23.7 Å². The van der Waals surface area contributed by atoms with E-state index in [0.717, 1.165) is 18.1 Å². The van der Waals surface area contributed by atoms with Gasteiger partial charge in [0.05, 0.1) is 6.20 Å². The minimum Gasteiger partial charge on any atom is -0.477 e. The van der Waals surface area contributed by atoms with Crippen LogP contribution in [0.2, 0.25) is 5.02 Å². The van der Waals surface area contributed by atoms with Gasteiger partial charge in [-0.15, -0.1) is 0 Å². The SMILES string of the molecule is C[C@H](OC1=NC=C(F)CC1)[C@H]1CNC[C@@H]1c1ccc(Cl)cc1. The number of hydrogen-bond acceptors (Lipinski definition) is 3. The molecule has 0 unspecified atom stereocenters. The van der Waals surface area contributed by atoms with Crippen molar-refractivity contribution >= 4 is 17.5 Å². The van der Waals surface area contributed by atoms with Crippen LogP contribution in [0.3, 0.4) is 0 Å². The van der Waals surface area contributed by atoms with Crippen LogP contribution in [-0.2, 0) is 4.74 Å². The normalized spacial score (nSPS) is 26.3. The Morgan fingerprint density at radius 2 is 2.05 bits per heavy atom. The van der Waals surface area contributed by atoms with Gasteiger partial charge in [0, 0.05) is 42.8 Å².